The largest absolute Gasteiger partial charge is 0.266 e. The number of rotatable bonds is 4. The Kier molecular flexibility index (Phi) is 5.11. The van der Waals surface area contributed by atoms with E-state index >= 15 is 0 Å². The van der Waals surface area contributed by atoms with Crippen molar-refractivity contribution in [1.29, 1.82) is 0 Å². The monoisotopic (exact) mass is 268 g/mol. The summed E-state index contributed by atoms with van der Waals surface area (Å²) in [4.78, 5) is 0. The smallest absolute Gasteiger partial charge is 0.0669 e. The number of hydrogen-bond donors (Lipinski definition) is 0. The van der Waals surface area contributed by atoms with Crippen molar-refractivity contribution in [2.45, 2.75) is 77.1 Å². The van der Waals surface area contributed by atoms with Crippen molar-refractivity contribution in [2.75, 3.05) is 0 Å². The predicted molar refractivity (Wildman–Crippen MR) is 77.3 cm³/mol. The van der Waals surface area contributed by atoms with E-state index < -0.39 is 0 Å². The zero-order valence-corrected chi connectivity index (χ0v) is 12.5. The van der Waals surface area contributed by atoms with Gasteiger partial charge in [-0.1, -0.05) is 39.5 Å². The predicted octanol–water partition coefficient (Wildman–Crippen LogP) is 4.64. The average Bonchev–Trinajstić information content (AvgIpc) is 2.57. The summed E-state index contributed by atoms with van der Waals surface area (Å²) in [6, 6.07) is 0.615. The number of hydrogen-bond acceptors (Lipinski definition) is 1. The molecule has 1 fully saturated rings. The molecule has 0 bridgehead atoms. The van der Waals surface area contributed by atoms with Crippen molar-refractivity contribution in [3.05, 3.63) is 17.0 Å². The highest BCUT2D eigenvalue weighted by Gasteiger charge is 2.21. The summed E-state index contributed by atoms with van der Waals surface area (Å²) in [6.45, 7) is 4.40. The highest BCUT2D eigenvalue weighted by atomic mass is 35.5. The molecule has 0 aromatic carbocycles. The molecule has 1 aliphatic rings. The SMILES string of the molecule is CCc1nn(C2CCCCCC2)c(CC)c1CCl. The quantitative estimate of drug-likeness (QED) is 0.574. The fraction of sp³-hybridized carbons (Fsp3) is 0.800. The molecule has 1 heterocycles. The van der Waals surface area contributed by atoms with E-state index in [1.165, 1.54) is 55.5 Å². The molecule has 1 aromatic rings. The Morgan fingerprint density at radius 3 is 2.28 bits per heavy atom. The van der Waals surface area contributed by atoms with Gasteiger partial charge in [0.05, 0.1) is 17.6 Å². The minimum Gasteiger partial charge on any atom is -0.266 e. The summed E-state index contributed by atoms with van der Waals surface area (Å²) < 4.78 is 2.32. The number of nitrogens with zero attached hydrogens (tertiary/aromatic N) is 2. The van der Waals surface area contributed by atoms with Crippen molar-refractivity contribution in [3.63, 3.8) is 0 Å². The van der Waals surface area contributed by atoms with E-state index in [1.54, 1.807) is 0 Å². The van der Waals surface area contributed by atoms with E-state index in [4.69, 9.17) is 16.7 Å². The normalized spacial score (nSPS) is 17.9. The van der Waals surface area contributed by atoms with Crippen LogP contribution in [0.15, 0.2) is 0 Å². The minimum absolute atomic E-state index is 0.610. The lowest BCUT2D eigenvalue weighted by molar-refractivity contribution is 0.392. The molecule has 0 unspecified atom stereocenters. The number of halogens is 1. The molecule has 0 aliphatic heterocycles. The van der Waals surface area contributed by atoms with Crippen LogP contribution < -0.4 is 0 Å². The third-order valence-corrected chi connectivity index (χ3v) is 4.44. The molecule has 0 saturated heterocycles. The third-order valence-electron chi connectivity index (χ3n) is 4.18. The van der Waals surface area contributed by atoms with Gasteiger partial charge >= 0.3 is 0 Å². The Bertz CT molecular complexity index is 376. The number of aromatic nitrogens is 2. The van der Waals surface area contributed by atoms with Crippen LogP contribution in [-0.4, -0.2) is 9.78 Å². The van der Waals surface area contributed by atoms with Crippen LogP contribution in [-0.2, 0) is 18.7 Å². The fourth-order valence-electron chi connectivity index (χ4n) is 3.17. The average molecular weight is 269 g/mol. The van der Waals surface area contributed by atoms with Crippen molar-refractivity contribution in [3.8, 4) is 0 Å². The first-order valence-electron chi connectivity index (χ1n) is 7.46. The van der Waals surface area contributed by atoms with E-state index in [9.17, 15) is 0 Å². The molecule has 1 aromatic heterocycles. The highest BCUT2D eigenvalue weighted by Crippen LogP contribution is 2.30. The maximum Gasteiger partial charge on any atom is 0.0669 e. The molecule has 0 amide bonds. The van der Waals surface area contributed by atoms with Gasteiger partial charge in [-0.05, 0) is 25.7 Å². The summed E-state index contributed by atoms with van der Waals surface area (Å²) in [7, 11) is 0. The third kappa shape index (κ3) is 2.74. The molecule has 0 radical (unpaired) electrons. The van der Waals surface area contributed by atoms with Gasteiger partial charge in [0.15, 0.2) is 0 Å². The van der Waals surface area contributed by atoms with Crippen LogP contribution in [0.4, 0.5) is 0 Å². The first kappa shape index (κ1) is 13.9. The van der Waals surface area contributed by atoms with E-state index in [2.05, 4.69) is 18.5 Å². The molecule has 0 atom stereocenters. The first-order valence-corrected chi connectivity index (χ1v) is 8.00. The van der Waals surface area contributed by atoms with Crippen LogP contribution >= 0.6 is 11.6 Å². The van der Waals surface area contributed by atoms with Crippen molar-refractivity contribution in [2.24, 2.45) is 0 Å². The Balaban J connectivity index is 2.32. The summed E-state index contributed by atoms with van der Waals surface area (Å²) in [5, 5.41) is 4.87. The van der Waals surface area contributed by atoms with Crippen LogP contribution in [0.3, 0.4) is 0 Å². The van der Waals surface area contributed by atoms with E-state index in [0.29, 0.717) is 11.9 Å². The highest BCUT2D eigenvalue weighted by molar-refractivity contribution is 6.17. The standard InChI is InChI=1S/C15H25ClN2/c1-3-14-13(11-16)15(4-2)18(17-14)12-9-7-5-6-8-10-12/h12H,3-11H2,1-2H3. The van der Waals surface area contributed by atoms with Crippen molar-refractivity contribution < 1.29 is 0 Å². The fourth-order valence-corrected chi connectivity index (χ4v) is 3.48. The Hall–Kier alpha value is -0.500. The molecule has 2 nitrogen and oxygen atoms in total. The van der Waals surface area contributed by atoms with Gasteiger partial charge in [-0.2, -0.15) is 5.10 Å². The zero-order valence-electron chi connectivity index (χ0n) is 11.7. The summed E-state index contributed by atoms with van der Waals surface area (Å²) >= 11 is 6.13. The van der Waals surface area contributed by atoms with Crippen molar-refractivity contribution >= 4 is 11.6 Å². The summed E-state index contributed by atoms with van der Waals surface area (Å²) in [6.07, 6.45) is 10.1. The van der Waals surface area contributed by atoms with Crippen LogP contribution in [0.25, 0.3) is 0 Å². The number of alkyl halides is 1. The lowest BCUT2D eigenvalue weighted by Crippen LogP contribution is -2.13. The van der Waals surface area contributed by atoms with Gasteiger partial charge in [-0.25, -0.2) is 0 Å². The van der Waals surface area contributed by atoms with Gasteiger partial charge in [0.1, 0.15) is 0 Å². The van der Waals surface area contributed by atoms with Gasteiger partial charge in [0.25, 0.3) is 0 Å². The van der Waals surface area contributed by atoms with Crippen LogP contribution in [0, 0.1) is 0 Å². The second-order valence-electron chi connectivity index (χ2n) is 5.30. The van der Waals surface area contributed by atoms with Gasteiger partial charge in [0.2, 0.25) is 0 Å². The Morgan fingerprint density at radius 2 is 1.78 bits per heavy atom. The first-order chi connectivity index (χ1) is 8.81. The molecular formula is C15H25ClN2. The zero-order chi connectivity index (χ0) is 13.0. The summed E-state index contributed by atoms with van der Waals surface area (Å²) in [5.74, 6) is 0.610. The second kappa shape index (κ2) is 6.60. The molecule has 18 heavy (non-hydrogen) atoms. The Labute approximate surface area is 116 Å². The molecule has 1 aliphatic carbocycles. The Morgan fingerprint density at radius 1 is 1.11 bits per heavy atom. The maximum atomic E-state index is 6.13. The molecule has 2 rings (SSSR count). The van der Waals surface area contributed by atoms with E-state index in [-0.39, 0.29) is 0 Å². The van der Waals surface area contributed by atoms with Gasteiger partial charge in [-0.15, -0.1) is 11.6 Å². The van der Waals surface area contributed by atoms with Crippen LogP contribution in [0.5, 0.6) is 0 Å². The van der Waals surface area contributed by atoms with Crippen molar-refractivity contribution in [1.82, 2.24) is 9.78 Å². The van der Waals surface area contributed by atoms with E-state index in [0.717, 1.165) is 12.8 Å². The topological polar surface area (TPSA) is 17.8 Å². The molecule has 3 heteroatoms. The van der Waals surface area contributed by atoms with Gasteiger partial charge < -0.3 is 0 Å². The van der Waals surface area contributed by atoms with E-state index in [1.807, 2.05) is 0 Å². The van der Waals surface area contributed by atoms with Gasteiger partial charge in [-0.3, -0.25) is 4.68 Å². The maximum absolute atomic E-state index is 6.13. The molecule has 1 saturated carbocycles. The minimum atomic E-state index is 0.610. The second-order valence-corrected chi connectivity index (χ2v) is 5.57. The van der Waals surface area contributed by atoms with Crippen LogP contribution in [0.1, 0.15) is 75.4 Å². The lowest BCUT2D eigenvalue weighted by Gasteiger charge is -2.18. The molecule has 102 valence electrons. The molecule has 0 spiro atoms. The lowest BCUT2D eigenvalue weighted by atomic mass is 10.1. The van der Waals surface area contributed by atoms with Crippen LogP contribution in [0.2, 0.25) is 0 Å². The molecular weight excluding hydrogens is 244 g/mol. The number of aryl methyl sites for hydroxylation is 1. The van der Waals surface area contributed by atoms with Gasteiger partial charge in [0, 0.05) is 11.3 Å². The summed E-state index contributed by atoms with van der Waals surface area (Å²) in [5.41, 5.74) is 3.89. The molecule has 0 N–H and O–H groups in total.